The molecule has 7 heteroatoms. The summed E-state index contributed by atoms with van der Waals surface area (Å²) in [4.78, 5) is 46.2. The summed E-state index contributed by atoms with van der Waals surface area (Å²) in [5.41, 5.74) is 1.17. The largest absolute Gasteiger partial charge is 0.457 e. The van der Waals surface area contributed by atoms with E-state index in [-0.39, 0.29) is 28.0 Å². The van der Waals surface area contributed by atoms with Crippen molar-refractivity contribution in [3.8, 4) is 11.5 Å². The van der Waals surface area contributed by atoms with Gasteiger partial charge in [-0.3, -0.25) is 0 Å². The average Bonchev–Trinajstić information content (AvgIpc) is 2.96. The van der Waals surface area contributed by atoms with E-state index in [1.807, 2.05) is 0 Å². The second-order valence-electron chi connectivity index (χ2n) is 5.33. The third kappa shape index (κ3) is 1.98. The highest BCUT2D eigenvalue weighted by Crippen LogP contribution is 2.32. The van der Waals surface area contributed by atoms with Crippen molar-refractivity contribution in [3.63, 3.8) is 0 Å². The van der Waals surface area contributed by atoms with E-state index < -0.39 is 23.9 Å². The molecule has 0 saturated carbocycles. The van der Waals surface area contributed by atoms with Crippen LogP contribution in [0.15, 0.2) is 30.3 Å². The molecule has 0 amide bonds. The summed E-state index contributed by atoms with van der Waals surface area (Å²) in [5, 5.41) is 0. The van der Waals surface area contributed by atoms with Gasteiger partial charge in [0.05, 0.1) is 22.3 Å². The molecule has 0 bridgehead atoms. The summed E-state index contributed by atoms with van der Waals surface area (Å²) in [7, 11) is 0. The van der Waals surface area contributed by atoms with Gasteiger partial charge in [-0.25, -0.2) is 19.2 Å². The van der Waals surface area contributed by atoms with Crippen molar-refractivity contribution in [2.45, 2.75) is 6.92 Å². The van der Waals surface area contributed by atoms with Crippen molar-refractivity contribution < 1.29 is 33.4 Å². The Kier molecular flexibility index (Phi) is 2.80. The number of aryl methyl sites for hydroxylation is 1. The first-order chi connectivity index (χ1) is 11.4. The molecule has 0 saturated heterocycles. The van der Waals surface area contributed by atoms with Crippen LogP contribution in [0.25, 0.3) is 0 Å². The van der Waals surface area contributed by atoms with Crippen LogP contribution in [0, 0.1) is 6.92 Å². The number of hydrogen-bond donors (Lipinski definition) is 0. The molecule has 0 spiro atoms. The van der Waals surface area contributed by atoms with Gasteiger partial charge in [-0.15, -0.1) is 0 Å². The van der Waals surface area contributed by atoms with Crippen molar-refractivity contribution in [2.24, 2.45) is 0 Å². The SMILES string of the molecule is Cc1cc(Oc2ccc3c(c2)C(=O)OC3=O)cc2c1C(=O)OC2=O. The Morgan fingerprint density at radius 2 is 1.33 bits per heavy atom. The van der Waals surface area contributed by atoms with Crippen molar-refractivity contribution in [3.05, 3.63) is 58.1 Å². The summed E-state index contributed by atoms with van der Waals surface area (Å²) in [6.07, 6.45) is 0. The highest BCUT2D eigenvalue weighted by molar-refractivity contribution is 6.16. The standard InChI is InChI=1S/C17H8O7/c1-7-4-9(6-12-13(7)17(21)24-16(12)20)22-8-2-3-10-11(5-8)15(19)23-14(10)18/h2-6H,1H3. The molecule has 7 nitrogen and oxygen atoms in total. The molecule has 0 fully saturated rings. The van der Waals surface area contributed by atoms with Gasteiger partial charge < -0.3 is 14.2 Å². The zero-order chi connectivity index (χ0) is 17.0. The highest BCUT2D eigenvalue weighted by atomic mass is 16.6. The first-order valence-corrected chi connectivity index (χ1v) is 6.93. The summed E-state index contributed by atoms with van der Waals surface area (Å²) < 4.78 is 14.7. The van der Waals surface area contributed by atoms with E-state index in [0.29, 0.717) is 11.3 Å². The molecule has 0 unspecified atom stereocenters. The minimum atomic E-state index is -0.736. The number of benzene rings is 2. The number of rotatable bonds is 2. The molecule has 2 aliphatic rings. The van der Waals surface area contributed by atoms with E-state index in [2.05, 4.69) is 9.47 Å². The Morgan fingerprint density at radius 1 is 0.708 bits per heavy atom. The van der Waals surface area contributed by atoms with E-state index in [0.717, 1.165) is 0 Å². The smallest absolute Gasteiger partial charge is 0.347 e. The summed E-state index contributed by atoms with van der Waals surface area (Å²) in [6.45, 7) is 1.66. The fraction of sp³-hybridized carbons (Fsp3) is 0.0588. The number of cyclic esters (lactones) is 4. The lowest BCUT2D eigenvalue weighted by Crippen LogP contribution is -1.98. The lowest BCUT2D eigenvalue weighted by atomic mass is 10.0. The third-order valence-corrected chi connectivity index (χ3v) is 3.77. The number of fused-ring (bicyclic) bond motifs is 2. The topological polar surface area (TPSA) is 96.0 Å². The van der Waals surface area contributed by atoms with Gasteiger partial charge in [0.15, 0.2) is 0 Å². The Morgan fingerprint density at radius 3 is 2.12 bits per heavy atom. The molecule has 2 heterocycles. The van der Waals surface area contributed by atoms with Crippen LogP contribution in [0.4, 0.5) is 0 Å². The number of carbonyl (C=O) groups is 4. The lowest BCUT2D eigenvalue weighted by Gasteiger charge is -2.08. The molecule has 0 aliphatic carbocycles. The molecule has 4 rings (SSSR count). The molecule has 2 aromatic rings. The molecule has 0 aromatic heterocycles. The quantitative estimate of drug-likeness (QED) is 0.618. The maximum atomic E-state index is 11.7. The Hall–Kier alpha value is -3.48. The van der Waals surface area contributed by atoms with Crippen LogP contribution >= 0.6 is 0 Å². The number of ether oxygens (including phenoxy) is 3. The van der Waals surface area contributed by atoms with Crippen LogP contribution in [0.5, 0.6) is 11.5 Å². The van der Waals surface area contributed by atoms with E-state index in [4.69, 9.17) is 4.74 Å². The molecular formula is C17H8O7. The molecule has 0 radical (unpaired) electrons. The predicted octanol–water partition coefficient (Wildman–Crippen LogP) is 2.41. The summed E-state index contributed by atoms with van der Waals surface area (Å²) >= 11 is 0. The second-order valence-corrected chi connectivity index (χ2v) is 5.33. The number of esters is 4. The average molecular weight is 324 g/mol. The minimum Gasteiger partial charge on any atom is -0.457 e. The van der Waals surface area contributed by atoms with E-state index in [1.54, 1.807) is 13.0 Å². The van der Waals surface area contributed by atoms with Gasteiger partial charge in [-0.2, -0.15) is 0 Å². The molecule has 118 valence electrons. The van der Waals surface area contributed by atoms with E-state index in [1.165, 1.54) is 24.3 Å². The zero-order valence-corrected chi connectivity index (χ0v) is 12.2. The fourth-order valence-electron chi connectivity index (χ4n) is 2.70. The van der Waals surface area contributed by atoms with Crippen LogP contribution in [-0.2, 0) is 9.47 Å². The third-order valence-electron chi connectivity index (χ3n) is 3.77. The first kappa shape index (κ1) is 14.1. The van der Waals surface area contributed by atoms with E-state index >= 15 is 0 Å². The number of carbonyl (C=O) groups excluding carboxylic acids is 4. The normalized spacial score (nSPS) is 15.0. The molecule has 24 heavy (non-hydrogen) atoms. The van der Waals surface area contributed by atoms with Crippen molar-refractivity contribution in [1.29, 1.82) is 0 Å². The maximum absolute atomic E-state index is 11.7. The number of hydrogen-bond acceptors (Lipinski definition) is 7. The first-order valence-electron chi connectivity index (χ1n) is 6.93. The van der Waals surface area contributed by atoms with Crippen LogP contribution in [0.1, 0.15) is 47.0 Å². The Balaban J connectivity index is 1.72. The molecule has 2 aliphatic heterocycles. The van der Waals surface area contributed by atoms with Crippen molar-refractivity contribution in [1.82, 2.24) is 0 Å². The highest BCUT2D eigenvalue weighted by Gasteiger charge is 2.33. The van der Waals surface area contributed by atoms with Gasteiger partial charge in [-0.05, 0) is 42.8 Å². The molecular weight excluding hydrogens is 316 g/mol. The second kappa shape index (κ2) is 4.76. The Labute approximate surface area is 134 Å². The van der Waals surface area contributed by atoms with Crippen LogP contribution in [0.3, 0.4) is 0 Å². The lowest BCUT2D eigenvalue weighted by molar-refractivity contribution is 0.0425. The van der Waals surface area contributed by atoms with Gasteiger partial charge in [0.1, 0.15) is 11.5 Å². The molecule has 2 aromatic carbocycles. The monoisotopic (exact) mass is 324 g/mol. The van der Waals surface area contributed by atoms with E-state index in [9.17, 15) is 19.2 Å². The summed E-state index contributed by atoms with van der Waals surface area (Å²) in [5.74, 6) is -2.26. The van der Waals surface area contributed by atoms with Crippen LogP contribution < -0.4 is 4.74 Å². The minimum absolute atomic E-state index is 0.116. The van der Waals surface area contributed by atoms with Gasteiger partial charge in [0.2, 0.25) is 0 Å². The van der Waals surface area contributed by atoms with Gasteiger partial charge in [-0.1, -0.05) is 0 Å². The Bertz CT molecular complexity index is 971. The van der Waals surface area contributed by atoms with Crippen LogP contribution in [0.2, 0.25) is 0 Å². The van der Waals surface area contributed by atoms with Gasteiger partial charge >= 0.3 is 23.9 Å². The molecule has 0 atom stereocenters. The van der Waals surface area contributed by atoms with Gasteiger partial charge in [0, 0.05) is 0 Å². The van der Waals surface area contributed by atoms with Crippen molar-refractivity contribution >= 4 is 23.9 Å². The van der Waals surface area contributed by atoms with Gasteiger partial charge in [0.25, 0.3) is 0 Å². The zero-order valence-electron chi connectivity index (χ0n) is 12.2. The van der Waals surface area contributed by atoms with Crippen molar-refractivity contribution in [2.75, 3.05) is 0 Å². The summed E-state index contributed by atoms with van der Waals surface area (Å²) in [6, 6.07) is 7.29. The maximum Gasteiger partial charge on any atom is 0.347 e. The predicted molar refractivity (Wildman–Crippen MR) is 77.2 cm³/mol. The molecule has 0 N–H and O–H groups in total. The van der Waals surface area contributed by atoms with Crippen LogP contribution in [-0.4, -0.2) is 23.9 Å². The fourth-order valence-corrected chi connectivity index (χ4v) is 2.70.